The Morgan fingerprint density at radius 2 is 1.29 bits per heavy atom. The highest BCUT2D eigenvalue weighted by Gasteiger charge is 2.67. The van der Waals surface area contributed by atoms with Crippen LogP contribution < -0.4 is 4.90 Å². The van der Waals surface area contributed by atoms with Gasteiger partial charge in [-0.15, -0.1) is 0 Å². The van der Waals surface area contributed by atoms with Gasteiger partial charge >= 0.3 is 0 Å². The summed E-state index contributed by atoms with van der Waals surface area (Å²) in [7, 11) is -1.14. The predicted molar refractivity (Wildman–Crippen MR) is 146 cm³/mol. The number of anilines is 1. The van der Waals surface area contributed by atoms with Crippen LogP contribution >= 0.6 is 0 Å². The average molecular weight is 474 g/mol. The Labute approximate surface area is 208 Å². The monoisotopic (exact) mass is 473 g/mol. The van der Waals surface area contributed by atoms with Crippen molar-refractivity contribution in [3.63, 3.8) is 0 Å². The van der Waals surface area contributed by atoms with Crippen LogP contribution in [0.2, 0.25) is 0 Å². The van der Waals surface area contributed by atoms with Gasteiger partial charge in [-0.25, -0.2) is 0 Å². The molecule has 0 bridgehead atoms. The first-order valence-electron chi connectivity index (χ1n) is 13.1. The van der Waals surface area contributed by atoms with Crippen molar-refractivity contribution in [3.8, 4) is 0 Å². The molecule has 0 radical (unpaired) electrons. The normalized spacial score (nSPS) is 20.3. The second-order valence-corrected chi connectivity index (χ2v) is 11.4. The zero-order valence-electron chi connectivity index (χ0n) is 20.8. The van der Waals surface area contributed by atoms with E-state index < -0.39 is 15.7 Å². The number of rotatable bonds is 13. The van der Waals surface area contributed by atoms with Crippen molar-refractivity contribution in [2.45, 2.75) is 87.4 Å². The van der Waals surface area contributed by atoms with E-state index in [1.165, 1.54) is 56.1 Å². The smallest absolute Gasteiger partial charge is 0.146 e. The molecule has 0 unspecified atom stereocenters. The largest absolute Gasteiger partial charge is 0.342 e. The Morgan fingerprint density at radius 3 is 1.91 bits per heavy atom. The molecule has 0 saturated carbocycles. The third kappa shape index (κ3) is 5.46. The fourth-order valence-electron chi connectivity index (χ4n) is 5.23. The van der Waals surface area contributed by atoms with Crippen molar-refractivity contribution in [2.75, 3.05) is 4.90 Å². The lowest BCUT2D eigenvalue weighted by Crippen LogP contribution is -2.25. The van der Waals surface area contributed by atoms with Gasteiger partial charge in [0.15, 0.2) is 0 Å². The van der Waals surface area contributed by atoms with Crippen LogP contribution in [0.1, 0.15) is 81.9 Å². The Bertz CT molecular complexity index is 987. The van der Waals surface area contributed by atoms with Gasteiger partial charge in [0.2, 0.25) is 0 Å². The average Bonchev–Trinajstić information content (AvgIpc) is 3.56. The number of para-hydroxylation sites is 1. The maximum Gasteiger partial charge on any atom is 0.146 e. The van der Waals surface area contributed by atoms with Crippen molar-refractivity contribution in [1.29, 1.82) is 0 Å². The number of hydrogen-bond acceptors (Lipinski definition) is 2. The highest BCUT2D eigenvalue weighted by Crippen LogP contribution is 2.61. The summed E-state index contributed by atoms with van der Waals surface area (Å²) in [4.78, 5) is 2.96. The maximum absolute atomic E-state index is 14.3. The molecule has 3 aromatic carbocycles. The van der Waals surface area contributed by atoms with Gasteiger partial charge in [-0.1, -0.05) is 125 Å². The fraction of sp³-hybridized carbons (Fsp3) is 0.419. The van der Waals surface area contributed by atoms with Crippen LogP contribution in [0, 0.1) is 6.92 Å². The molecule has 2 nitrogen and oxygen atoms in total. The van der Waals surface area contributed by atoms with Crippen LogP contribution in [0.5, 0.6) is 0 Å². The molecule has 3 atom stereocenters. The SMILES string of the molecule is CCCCCCCCCC[C@@]1([S@@](=O)c2ccc(C)cc2)[C@@H](c2ccccc2)N1c1ccccc1. The van der Waals surface area contributed by atoms with Crippen molar-refractivity contribution >= 4 is 16.5 Å². The van der Waals surface area contributed by atoms with E-state index in [1.807, 2.05) is 0 Å². The first kappa shape index (κ1) is 24.7. The first-order valence-corrected chi connectivity index (χ1v) is 14.2. The van der Waals surface area contributed by atoms with Crippen LogP contribution in [-0.4, -0.2) is 9.08 Å². The molecule has 4 rings (SSSR count). The number of hydrogen-bond donors (Lipinski definition) is 0. The number of nitrogens with zero attached hydrogens (tertiary/aromatic N) is 1. The van der Waals surface area contributed by atoms with E-state index in [0.29, 0.717) is 0 Å². The molecule has 0 aliphatic carbocycles. The summed E-state index contributed by atoms with van der Waals surface area (Å²) in [6.07, 6.45) is 11.2. The molecule has 34 heavy (non-hydrogen) atoms. The zero-order chi connectivity index (χ0) is 23.8. The van der Waals surface area contributed by atoms with E-state index in [1.54, 1.807) is 0 Å². The molecule has 180 valence electrons. The van der Waals surface area contributed by atoms with E-state index in [9.17, 15) is 4.21 Å². The molecule has 1 aliphatic heterocycles. The molecular weight excluding hydrogens is 434 g/mol. The second-order valence-electron chi connectivity index (χ2n) is 9.67. The highest BCUT2D eigenvalue weighted by atomic mass is 32.2. The minimum absolute atomic E-state index is 0.128. The zero-order valence-corrected chi connectivity index (χ0v) is 21.6. The molecule has 1 fully saturated rings. The van der Waals surface area contributed by atoms with Gasteiger partial charge in [-0.2, -0.15) is 0 Å². The van der Waals surface area contributed by atoms with Gasteiger partial charge in [0.05, 0.1) is 16.8 Å². The minimum Gasteiger partial charge on any atom is -0.342 e. The lowest BCUT2D eigenvalue weighted by molar-refractivity contribution is 0.551. The van der Waals surface area contributed by atoms with Crippen LogP contribution in [0.15, 0.2) is 89.8 Å². The Hall–Kier alpha value is -2.39. The van der Waals surface area contributed by atoms with Crippen LogP contribution in [0.25, 0.3) is 0 Å². The molecule has 3 aromatic rings. The molecular formula is C31H39NOS. The molecule has 1 aliphatic rings. The van der Waals surface area contributed by atoms with Gasteiger partial charge in [0.1, 0.15) is 4.87 Å². The van der Waals surface area contributed by atoms with E-state index in [4.69, 9.17) is 0 Å². The fourth-order valence-corrected chi connectivity index (χ4v) is 7.14. The summed E-state index contributed by atoms with van der Waals surface area (Å²) in [6, 6.07) is 29.7. The molecule has 0 aromatic heterocycles. The quantitative estimate of drug-likeness (QED) is 0.183. The van der Waals surface area contributed by atoms with Gasteiger partial charge in [-0.3, -0.25) is 4.21 Å². The van der Waals surface area contributed by atoms with Crippen molar-refractivity contribution in [2.24, 2.45) is 0 Å². The van der Waals surface area contributed by atoms with E-state index >= 15 is 0 Å². The summed E-state index contributed by atoms with van der Waals surface area (Å²) in [6.45, 7) is 4.36. The minimum atomic E-state index is -1.14. The molecule has 0 amide bonds. The van der Waals surface area contributed by atoms with Crippen molar-refractivity contribution in [3.05, 3.63) is 96.1 Å². The third-order valence-electron chi connectivity index (χ3n) is 7.12. The number of unbranched alkanes of at least 4 members (excludes halogenated alkanes) is 7. The molecule has 0 N–H and O–H groups in total. The van der Waals surface area contributed by atoms with E-state index in [0.717, 1.165) is 23.4 Å². The third-order valence-corrected chi connectivity index (χ3v) is 9.09. The maximum atomic E-state index is 14.3. The summed E-state index contributed by atoms with van der Waals surface area (Å²) in [5.74, 6) is 0. The van der Waals surface area contributed by atoms with E-state index in [2.05, 4.69) is 104 Å². The predicted octanol–water partition coefficient (Wildman–Crippen LogP) is 8.59. The Kier molecular flexibility index (Phi) is 8.61. The Morgan fingerprint density at radius 1 is 0.735 bits per heavy atom. The lowest BCUT2D eigenvalue weighted by atomic mass is 10.0. The van der Waals surface area contributed by atoms with Gasteiger partial charge < -0.3 is 4.90 Å². The summed E-state index contributed by atoms with van der Waals surface area (Å²) in [5, 5.41) is 0. The topological polar surface area (TPSA) is 20.1 Å². The Balaban J connectivity index is 1.59. The lowest BCUT2D eigenvalue weighted by Gasteiger charge is -2.19. The molecule has 1 saturated heterocycles. The van der Waals surface area contributed by atoms with Crippen LogP contribution in [0.4, 0.5) is 5.69 Å². The van der Waals surface area contributed by atoms with Crippen molar-refractivity contribution in [1.82, 2.24) is 0 Å². The van der Waals surface area contributed by atoms with Gasteiger partial charge in [0, 0.05) is 10.6 Å². The van der Waals surface area contributed by atoms with Crippen LogP contribution in [0.3, 0.4) is 0 Å². The molecule has 0 spiro atoms. The second kappa shape index (κ2) is 11.8. The van der Waals surface area contributed by atoms with Crippen LogP contribution in [-0.2, 0) is 10.8 Å². The molecule has 1 heterocycles. The number of aryl methyl sites for hydroxylation is 1. The van der Waals surface area contributed by atoms with Gasteiger partial charge in [0.25, 0.3) is 0 Å². The summed E-state index contributed by atoms with van der Waals surface area (Å²) < 4.78 is 14.3. The highest BCUT2D eigenvalue weighted by molar-refractivity contribution is 7.87. The standard InChI is InChI=1S/C31H39NOS/c1-3-4-5-6-7-8-9-16-25-31(34(33)29-23-21-26(2)22-24-29)30(27-17-12-10-13-18-27)32(31)28-19-14-11-15-20-28/h10-15,17-24,30H,3-9,16,25H2,1-2H3/t30-,31-,32?,34+/m1/s1. The van der Waals surface area contributed by atoms with Gasteiger partial charge in [-0.05, 0) is 43.2 Å². The van der Waals surface area contributed by atoms with E-state index in [-0.39, 0.29) is 6.04 Å². The number of benzene rings is 3. The molecule has 3 heteroatoms. The van der Waals surface area contributed by atoms with Crippen molar-refractivity contribution < 1.29 is 4.21 Å². The first-order chi connectivity index (χ1) is 16.7. The summed E-state index contributed by atoms with van der Waals surface area (Å²) in [5.41, 5.74) is 3.62. The summed E-state index contributed by atoms with van der Waals surface area (Å²) >= 11 is 0.